The lowest BCUT2D eigenvalue weighted by molar-refractivity contribution is 0.249. The highest BCUT2D eigenvalue weighted by molar-refractivity contribution is 7.16. The second-order valence-corrected chi connectivity index (χ2v) is 6.52. The molecule has 1 aliphatic heterocycles. The average Bonchev–Trinajstić information content (AvgIpc) is 3.16. The Hall–Kier alpha value is -1.99. The summed E-state index contributed by atoms with van der Waals surface area (Å²) >= 11 is 1.67. The summed E-state index contributed by atoms with van der Waals surface area (Å²) < 4.78 is 1.86. The standard InChI is InChI=1S/C15H18N6S/c1-19-9-12(8-18-19)10-20-3-5-21(6-4-20)14-13-2-7-22-15(13)17-11-16-14/h2,7-9,11H,3-6,10H2,1H3. The Morgan fingerprint density at radius 2 is 2.05 bits per heavy atom. The third kappa shape index (κ3) is 2.57. The zero-order valence-electron chi connectivity index (χ0n) is 12.5. The van der Waals surface area contributed by atoms with E-state index in [-0.39, 0.29) is 0 Å². The van der Waals surface area contributed by atoms with Gasteiger partial charge in [-0.05, 0) is 11.4 Å². The third-order valence-corrected chi connectivity index (χ3v) is 4.90. The highest BCUT2D eigenvalue weighted by atomic mass is 32.1. The minimum absolute atomic E-state index is 0.972. The fourth-order valence-corrected chi connectivity index (χ4v) is 3.69. The van der Waals surface area contributed by atoms with Crippen LogP contribution in [0.5, 0.6) is 0 Å². The number of thiophene rings is 1. The van der Waals surface area contributed by atoms with Crippen LogP contribution in [-0.4, -0.2) is 50.8 Å². The van der Waals surface area contributed by atoms with Crippen LogP contribution in [-0.2, 0) is 13.6 Å². The number of aryl methyl sites for hydroxylation is 1. The fourth-order valence-electron chi connectivity index (χ4n) is 2.96. The molecule has 7 heteroatoms. The van der Waals surface area contributed by atoms with Crippen LogP contribution in [0.4, 0.5) is 5.82 Å². The zero-order chi connectivity index (χ0) is 14.9. The molecule has 0 N–H and O–H groups in total. The SMILES string of the molecule is Cn1cc(CN2CCN(c3ncnc4sccc34)CC2)cn1. The van der Waals surface area contributed by atoms with Gasteiger partial charge in [0, 0.05) is 51.5 Å². The van der Waals surface area contributed by atoms with E-state index in [1.165, 1.54) is 10.9 Å². The monoisotopic (exact) mass is 314 g/mol. The minimum Gasteiger partial charge on any atom is -0.353 e. The van der Waals surface area contributed by atoms with Crippen molar-refractivity contribution in [1.29, 1.82) is 0 Å². The summed E-state index contributed by atoms with van der Waals surface area (Å²) in [5.74, 6) is 1.08. The largest absolute Gasteiger partial charge is 0.353 e. The van der Waals surface area contributed by atoms with Crippen LogP contribution in [0.15, 0.2) is 30.2 Å². The van der Waals surface area contributed by atoms with E-state index in [9.17, 15) is 0 Å². The van der Waals surface area contributed by atoms with Gasteiger partial charge < -0.3 is 4.90 Å². The number of rotatable bonds is 3. The van der Waals surface area contributed by atoms with Crippen LogP contribution in [0.2, 0.25) is 0 Å². The maximum atomic E-state index is 4.50. The first-order valence-corrected chi connectivity index (χ1v) is 8.30. The maximum Gasteiger partial charge on any atom is 0.140 e. The van der Waals surface area contributed by atoms with Gasteiger partial charge in [0.05, 0.1) is 11.6 Å². The van der Waals surface area contributed by atoms with Crippen molar-refractivity contribution in [2.75, 3.05) is 31.1 Å². The number of aromatic nitrogens is 4. The highest BCUT2D eigenvalue weighted by Gasteiger charge is 2.20. The molecular formula is C15H18N6S. The molecule has 0 saturated carbocycles. The first kappa shape index (κ1) is 13.7. The number of piperazine rings is 1. The second-order valence-electron chi connectivity index (χ2n) is 5.62. The molecule has 0 unspecified atom stereocenters. The van der Waals surface area contributed by atoms with Crippen molar-refractivity contribution in [1.82, 2.24) is 24.6 Å². The van der Waals surface area contributed by atoms with Gasteiger partial charge in [0.2, 0.25) is 0 Å². The first-order valence-electron chi connectivity index (χ1n) is 7.42. The van der Waals surface area contributed by atoms with Crippen LogP contribution in [0.25, 0.3) is 10.2 Å². The van der Waals surface area contributed by atoms with Crippen LogP contribution in [0, 0.1) is 0 Å². The molecule has 0 aliphatic carbocycles. The van der Waals surface area contributed by atoms with Gasteiger partial charge in [-0.25, -0.2) is 9.97 Å². The van der Waals surface area contributed by atoms with Gasteiger partial charge in [-0.2, -0.15) is 5.10 Å². The van der Waals surface area contributed by atoms with Crippen molar-refractivity contribution in [3.63, 3.8) is 0 Å². The van der Waals surface area contributed by atoms with E-state index in [2.05, 4.69) is 42.5 Å². The molecule has 0 atom stereocenters. The van der Waals surface area contributed by atoms with Crippen molar-refractivity contribution >= 4 is 27.4 Å². The Balaban J connectivity index is 1.44. The minimum atomic E-state index is 0.972. The smallest absolute Gasteiger partial charge is 0.140 e. The van der Waals surface area contributed by atoms with Gasteiger partial charge in [0.1, 0.15) is 17.0 Å². The van der Waals surface area contributed by atoms with Gasteiger partial charge in [0.15, 0.2) is 0 Å². The fraction of sp³-hybridized carbons (Fsp3) is 0.400. The summed E-state index contributed by atoms with van der Waals surface area (Å²) in [5.41, 5.74) is 1.28. The summed E-state index contributed by atoms with van der Waals surface area (Å²) in [4.78, 5) is 14.8. The molecule has 22 heavy (non-hydrogen) atoms. The van der Waals surface area contributed by atoms with Crippen LogP contribution >= 0.6 is 11.3 Å². The lowest BCUT2D eigenvalue weighted by Crippen LogP contribution is -2.46. The molecule has 114 valence electrons. The Kier molecular flexibility index (Phi) is 3.51. The summed E-state index contributed by atoms with van der Waals surface area (Å²) in [7, 11) is 1.96. The van der Waals surface area contributed by atoms with Crippen molar-refractivity contribution in [3.05, 3.63) is 35.7 Å². The summed E-state index contributed by atoms with van der Waals surface area (Å²) in [6.45, 7) is 5.07. The predicted molar refractivity (Wildman–Crippen MR) is 88.1 cm³/mol. The van der Waals surface area contributed by atoms with Crippen molar-refractivity contribution in [2.45, 2.75) is 6.54 Å². The Morgan fingerprint density at radius 3 is 2.82 bits per heavy atom. The summed E-state index contributed by atoms with van der Waals surface area (Å²) in [6.07, 6.45) is 5.72. The zero-order valence-corrected chi connectivity index (χ0v) is 13.3. The van der Waals surface area contributed by atoms with Crippen molar-refractivity contribution in [3.8, 4) is 0 Å². The van der Waals surface area contributed by atoms with Gasteiger partial charge in [-0.1, -0.05) is 0 Å². The number of fused-ring (bicyclic) bond motifs is 1. The molecule has 0 aromatic carbocycles. The molecule has 0 amide bonds. The van der Waals surface area contributed by atoms with Gasteiger partial charge >= 0.3 is 0 Å². The quantitative estimate of drug-likeness (QED) is 0.737. The molecule has 4 heterocycles. The molecule has 3 aromatic rings. The second kappa shape index (κ2) is 5.66. The van der Waals surface area contributed by atoms with Crippen LogP contribution < -0.4 is 4.90 Å². The number of anilines is 1. The lowest BCUT2D eigenvalue weighted by Gasteiger charge is -2.35. The average molecular weight is 314 g/mol. The Labute approximate surface area is 133 Å². The van der Waals surface area contributed by atoms with E-state index in [0.717, 1.165) is 43.4 Å². The highest BCUT2D eigenvalue weighted by Crippen LogP contribution is 2.27. The molecular weight excluding hydrogens is 296 g/mol. The third-order valence-electron chi connectivity index (χ3n) is 4.08. The van der Waals surface area contributed by atoms with Crippen LogP contribution in [0.1, 0.15) is 5.56 Å². The van der Waals surface area contributed by atoms with E-state index >= 15 is 0 Å². The maximum absolute atomic E-state index is 4.50. The summed E-state index contributed by atoms with van der Waals surface area (Å²) in [6, 6.07) is 2.12. The molecule has 4 rings (SSSR count). The Bertz CT molecular complexity index is 771. The number of hydrogen-bond acceptors (Lipinski definition) is 6. The topological polar surface area (TPSA) is 50.1 Å². The molecule has 0 radical (unpaired) electrons. The van der Waals surface area contributed by atoms with E-state index in [1.54, 1.807) is 17.7 Å². The lowest BCUT2D eigenvalue weighted by atomic mass is 10.2. The molecule has 0 spiro atoms. The van der Waals surface area contributed by atoms with Crippen molar-refractivity contribution < 1.29 is 0 Å². The molecule has 1 saturated heterocycles. The normalized spacial score (nSPS) is 16.5. The molecule has 0 bridgehead atoms. The van der Waals surface area contributed by atoms with E-state index in [1.807, 2.05) is 17.9 Å². The van der Waals surface area contributed by atoms with Gasteiger partial charge in [0.25, 0.3) is 0 Å². The molecule has 3 aromatic heterocycles. The van der Waals surface area contributed by atoms with E-state index in [0.29, 0.717) is 0 Å². The molecule has 1 aliphatic rings. The van der Waals surface area contributed by atoms with E-state index < -0.39 is 0 Å². The van der Waals surface area contributed by atoms with Gasteiger partial charge in [-0.3, -0.25) is 9.58 Å². The molecule has 6 nitrogen and oxygen atoms in total. The van der Waals surface area contributed by atoms with Crippen LogP contribution in [0.3, 0.4) is 0 Å². The van der Waals surface area contributed by atoms with E-state index in [4.69, 9.17) is 0 Å². The first-order chi connectivity index (χ1) is 10.8. The van der Waals surface area contributed by atoms with Crippen molar-refractivity contribution in [2.24, 2.45) is 7.05 Å². The number of nitrogens with zero attached hydrogens (tertiary/aromatic N) is 6. The molecule has 1 fully saturated rings. The Morgan fingerprint density at radius 1 is 1.18 bits per heavy atom. The van der Waals surface area contributed by atoms with Gasteiger partial charge in [-0.15, -0.1) is 11.3 Å². The predicted octanol–water partition coefficient (Wildman–Crippen LogP) is 1.75. The number of hydrogen-bond donors (Lipinski definition) is 0. The summed E-state index contributed by atoms with van der Waals surface area (Å²) in [5, 5.41) is 7.50.